The summed E-state index contributed by atoms with van der Waals surface area (Å²) in [4.78, 5) is 8.86. The summed E-state index contributed by atoms with van der Waals surface area (Å²) >= 11 is 6.17. The van der Waals surface area contributed by atoms with Gasteiger partial charge in [-0.2, -0.15) is 0 Å². The highest BCUT2D eigenvalue weighted by Crippen LogP contribution is 2.33. The molecule has 1 aromatic heterocycles. The van der Waals surface area contributed by atoms with Gasteiger partial charge in [0.05, 0.1) is 18.0 Å². The van der Waals surface area contributed by atoms with E-state index in [1.165, 1.54) is 0 Å². The third-order valence-corrected chi connectivity index (χ3v) is 4.54. The Morgan fingerprint density at radius 1 is 0.926 bits per heavy atom. The molecular formula is C22H18ClN3O. The van der Waals surface area contributed by atoms with Crippen molar-refractivity contribution in [2.45, 2.75) is 6.54 Å². The molecule has 0 radical (unpaired) electrons. The van der Waals surface area contributed by atoms with Crippen molar-refractivity contribution in [1.29, 1.82) is 0 Å². The van der Waals surface area contributed by atoms with Crippen LogP contribution in [0, 0.1) is 0 Å². The third kappa shape index (κ3) is 3.71. The summed E-state index contributed by atoms with van der Waals surface area (Å²) in [7, 11) is 1.66. The summed E-state index contributed by atoms with van der Waals surface area (Å²) in [6, 6.07) is 24.1. The van der Waals surface area contributed by atoms with Crippen LogP contribution in [-0.2, 0) is 6.54 Å². The van der Waals surface area contributed by atoms with E-state index in [-0.39, 0.29) is 5.28 Å². The number of fused-ring (bicyclic) bond motifs is 1. The lowest BCUT2D eigenvalue weighted by molar-refractivity contribution is 0.414. The summed E-state index contributed by atoms with van der Waals surface area (Å²) in [6.07, 6.45) is 0. The number of anilines is 1. The first-order valence-corrected chi connectivity index (χ1v) is 9.01. The molecule has 0 aliphatic carbocycles. The van der Waals surface area contributed by atoms with Gasteiger partial charge in [0.2, 0.25) is 5.28 Å². The summed E-state index contributed by atoms with van der Waals surface area (Å²) in [5.41, 5.74) is 4.08. The smallest absolute Gasteiger partial charge is 0.224 e. The highest BCUT2D eigenvalue weighted by molar-refractivity contribution is 6.29. The number of benzene rings is 3. The molecule has 0 spiro atoms. The molecule has 0 saturated carbocycles. The zero-order valence-electron chi connectivity index (χ0n) is 14.8. The standard InChI is InChI=1S/C22H18ClN3O/c1-27-17-10-5-7-15(13-17)14-24-21-20-18(16-8-3-2-4-9-16)11-6-12-19(20)25-22(23)26-21/h2-13H,14H2,1H3,(H,24,25,26). The van der Waals surface area contributed by atoms with Crippen LogP contribution >= 0.6 is 11.6 Å². The second-order valence-electron chi connectivity index (χ2n) is 6.11. The molecule has 0 aliphatic heterocycles. The van der Waals surface area contributed by atoms with E-state index in [0.717, 1.165) is 33.3 Å². The second kappa shape index (κ2) is 7.64. The van der Waals surface area contributed by atoms with Gasteiger partial charge >= 0.3 is 0 Å². The van der Waals surface area contributed by atoms with Crippen molar-refractivity contribution < 1.29 is 4.74 Å². The van der Waals surface area contributed by atoms with Gasteiger partial charge in [0.15, 0.2) is 0 Å². The minimum Gasteiger partial charge on any atom is -0.497 e. The van der Waals surface area contributed by atoms with Crippen molar-refractivity contribution in [2.75, 3.05) is 12.4 Å². The van der Waals surface area contributed by atoms with Crippen LogP contribution in [0.1, 0.15) is 5.56 Å². The van der Waals surface area contributed by atoms with Gasteiger partial charge < -0.3 is 10.1 Å². The molecule has 5 heteroatoms. The summed E-state index contributed by atoms with van der Waals surface area (Å²) in [6.45, 7) is 0.600. The molecule has 0 unspecified atom stereocenters. The van der Waals surface area contributed by atoms with Crippen LogP contribution in [0.25, 0.3) is 22.0 Å². The summed E-state index contributed by atoms with van der Waals surface area (Å²) in [5, 5.41) is 4.59. The Morgan fingerprint density at radius 3 is 2.56 bits per heavy atom. The van der Waals surface area contributed by atoms with Crippen LogP contribution in [0.4, 0.5) is 5.82 Å². The number of hydrogen-bond donors (Lipinski definition) is 1. The molecule has 0 atom stereocenters. The van der Waals surface area contributed by atoms with E-state index in [2.05, 4.69) is 33.5 Å². The molecule has 1 heterocycles. The highest BCUT2D eigenvalue weighted by atomic mass is 35.5. The normalized spacial score (nSPS) is 10.7. The van der Waals surface area contributed by atoms with Crippen LogP contribution in [0.15, 0.2) is 72.8 Å². The van der Waals surface area contributed by atoms with E-state index in [0.29, 0.717) is 12.4 Å². The van der Waals surface area contributed by atoms with Crippen LogP contribution < -0.4 is 10.1 Å². The number of nitrogens with zero attached hydrogens (tertiary/aromatic N) is 2. The number of halogens is 1. The van der Waals surface area contributed by atoms with Crippen molar-refractivity contribution in [3.63, 3.8) is 0 Å². The van der Waals surface area contributed by atoms with Gasteiger partial charge in [-0.15, -0.1) is 0 Å². The van der Waals surface area contributed by atoms with Crippen LogP contribution in [0.2, 0.25) is 5.28 Å². The van der Waals surface area contributed by atoms with E-state index in [4.69, 9.17) is 16.3 Å². The molecule has 4 nitrogen and oxygen atoms in total. The maximum Gasteiger partial charge on any atom is 0.224 e. The van der Waals surface area contributed by atoms with E-state index in [1.807, 2.05) is 54.6 Å². The van der Waals surface area contributed by atoms with Crippen molar-refractivity contribution in [1.82, 2.24) is 9.97 Å². The SMILES string of the molecule is COc1cccc(CNc2nc(Cl)nc3cccc(-c4ccccc4)c23)c1. The third-order valence-electron chi connectivity index (χ3n) is 4.37. The molecule has 4 rings (SSSR count). The molecule has 4 aromatic rings. The summed E-state index contributed by atoms with van der Waals surface area (Å²) in [5.74, 6) is 1.54. The van der Waals surface area contributed by atoms with Crippen molar-refractivity contribution in [3.8, 4) is 16.9 Å². The number of nitrogens with one attached hydrogen (secondary N) is 1. The molecule has 0 bridgehead atoms. The molecule has 1 N–H and O–H groups in total. The number of methoxy groups -OCH3 is 1. The van der Waals surface area contributed by atoms with Crippen LogP contribution in [-0.4, -0.2) is 17.1 Å². The quantitative estimate of drug-likeness (QED) is 0.463. The number of ether oxygens (including phenoxy) is 1. The Hall–Kier alpha value is -3.11. The Bertz CT molecular complexity index is 1080. The average molecular weight is 376 g/mol. The number of rotatable bonds is 5. The molecule has 134 valence electrons. The first-order chi connectivity index (χ1) is 13.2. The Morgan fingerprint density at radius 2 is 1.74 bits per heavy atom. The van der Waals surface area contributed by atoms with Crippen molar-refractivity contribution in [2.24, 2.45) is 0 Å². The predicted octanol–water partition coefficient (Wildman–Crippen LogP) is 5.57. The minimum atomic E-state index is 0.223. The van der Waals surface area contributed by atoms with Gasteiger partial charge in [-0.05, 0) is 46.5 Å². The first-order valence-electron chi connectivity index (χ1n) is 8.63. The molecule has 0 fully saturated rings. The Kier molecular flexibility index (Phi) is 4.90. The van der Waals surface area contributed by atoms with Gasteiger partial charge in [-0.3, -0.25) is 0 Å². The van der Waals surface area contributed by atoms with E-state index in [9.17, 15) is 0 Å². The number of aromatic nitrogens is 2. The Balaban J connectivity index is 1.77. The monoisotopic (exact) mass is 375 g/mol. The lowest BCUT2D eigenvalue weighted by Crippen LogP contribution is -2.04. The zero-order chi connectivity index (χ0) is 18.6. The van der Waals surface area contributed by atoms with Crippen LogP contribution in [0.3, 0.4) is 0 Å². The fourth-order valence-corrected chi connectivity index (χ4v) is 3.28. The second-order valence-corrected chi connectivity index (χ2v) is 6.45. The Labute approximate surface area is 162 Å². The largest absolute Gasteiger partial charge is 0.497 e. The molecule has 0 saturated heterocycles. The van der Waals surface area contributed by atoms with Crippen molar-refractivity contribution in [3.05, 3.63) is 83.6 Å². The van der Waals surface area contributed by atoms with Gasteiger partial charge in [-0.25, -0.2) is 9.97 Å². The molecule has 0 aliphatic rings. The van der Waals surface area contributed by atoms with E-state index >= 15 is 0 Å². The first kappa shape index (κ1) is 17.3. The maximum absolute atomic E-state index is 6.17. The zero-order valence-corrected chi connectivity index (χ0v) is 15.6. The van der Waals surface area contributed by atoms with Gasteiger partial charge in [-0.1, -0.05) is 54.6 Å². The van der Waals surface area contributed by atoms with Gasteiger partial charge in [0.25, 0.3) is 0 Å². The summed E-state index contributed by atoms with van der Waals surface area (Å²) < 4.78 is 5.30. The average Bonchev–Trinajstić information content (AvgIpc) is 2.72. The lowest BCUT2D eigenvalue weighted by atomic mass is 10.0. The molecular weight excluding hydrogens is 358 g/mol. The van der Waals surface area contributed by atoms with Gasteiger partial charge in [0.1, 0.15) is 11.6 Å². The van der Waals surface area contributed by atoms with Gasteiger partial charge in [0, 0.05) is 6.54 Å². The maximum atomic E-state index is 6.17. The minimum absolute atomic E-state index is 0.223. The molecule has 3 aromatic carbocycles. The fourth-order valence-electron chi connectivity index (χ4n) is 3.11. The van der Waals surface area contributed by atoms with Crippen molar-refractivity contribution >= 4 is 28.3 Å². The number of hydrogen-bond acceptors (Lipinski definition) is 4. The van der Waals surface area contributed by atoms with Crippen LogP contribution in [0.5, 0.6) is 5.75 Å². The molecule has 0 amide bonds. The topological polar surface area (TPSA) is 47.0 Å². The lowest BCUT2D eigenvalue weighted by Gasteiger charge is -2.13. The molecule has 27 heavy (non-hydrogen) atoms. The van der Waals surface area contributed by atoms with E-state index in [1.54, 1.807) is 7.11 Å². The highest BCUT2D eigenvalue weighted by Gasteiger charge is 2.12. The van der Waals surface area contributed by atoms with E-state index < -0.39 is 0 Å². The predicted molar refractivity (Wildman–Crippen MR) is 110 cm³/mol. The fraction of sp³-hybridized carbons (Fsp3) is 0.0909.